The summed E-state index contributed by atoms with van der Waals surface area (Å²) in [6, 6.07) is 5.84. The first kappa shape index (κ1) is 23.1. The molecule has 1 saturated heterocycles. The number of hydrogen-bond acceptors (Lipinski definition) is 4. The predicted octanol–water partition coefficient (Wildman–Crippen LogP) is 3.25. The predicted molar refractivity (Wildman–Crippen MR) is 120 cm³/mol. The lowest BCUT2D eigenvalue weighted by molar-refractivity contribution is -0.145. The average molecular weight is 455 g/mol. The van der Waals surface area contributed by atoms with E-state index in [2.05, 4.69) is 5.10 Å². The first-order valence-corrected chi connectivity index (χ1v) is 11.6. The van der Waals surface area contributed by atoms with Gasteiger partial charge < -0.3 is 4.90 Å². The van der Waals surface area contributed by atoms with Crippen molar-refractivity contribution in [3.05, 3.63) is 53.1 Å². The van der Waals surface area contributed by atoms with Gasteiger partial charge in [-0.05, 0) is 25.8 Å². The van der Waals surface area contributed by atoms with Gasteiger partial charge in [0.25, 0.3) is 0 Å². The molecule has 2 fully saturated rings. The molecule has 0 unspecified atom stereocenters. The minimum Gasteiger partial charge on any atom is -0.341 e. The standard InChI is InChI=1S/C25H31FN4O3/c1-17-18(16-29(3)27-17)15-28(2)22(31)13-25(20-11-7-8-12-21(20)26)14-23(32)30(24(25)33)19-9-5-4-6-10-19/h7-8,11-12,16,19H,4-6,9-10,13-15H2,1-3H3/t25-/m0/s1. The second-order valence-corrected chi connectivity index (χ2v) is 9.44. The topological polar surface area (TPSA) is 75.5 Å². The highest BCUT2D eigenvalue weighted by molar-refractivity contribution is 6.11. The first-order chi connectivity index (χ1) is 15.7. The number of likely N-dealkylation sites (tertiary alicyclic amines) is 1. The number of hydrogen-bond donors (Lipinski definition) is 0. The van der Waals surface area contributed by atoms with Crippen LogP contribution in [0.1, 0.15) is 61.8 Å². The van der Waals surface area contributed by atoms with Gasteiger partial charge in [-0.25, -0.2) is 4.39 Å². The number of amides is 3. The van der Waals surface area contributed by atoms with Crippen LogP contribution in [0, 0.1) is 12.7 Å². The summed E-state index contributed by atoms with van der Waals surface area (Å²) in [6.07, 6.45) is 5.94. The second kappa shape index (κ2) is 9.08. The maximum Gasteiger partial charge on any atom is 0.241 e. The highest BCUT2D eigenvalue weighted by atomic mass is 19.1. The lowest BCUT2D eigenvalue weighted by Crippen LogP contribution is -2.47. The van der Waals surface area contributed by atoms with Gasteiger partial charge in [0.15, 0.2) is 0 Å². The zero-order valence-electron chi connectivity index (χ0n) is 19.5. The maximum atomic E-state index is 15.0. The fraction of sp³-hybridized carbons (Fsp3) is 0.520. The van der Waals surface area contributed by atoms with Crippen LogP contribution in [0.15, 0.2) is 30.5 Å². The minimum atomic E-state index is -1.52. The van der Waals surface area contributed by atoms with E-state index in [1.54, 1.807) is 23.9 Å². The van der Waals surface area contributed by atoms with Gasteiger partial charge in [-0.1, -0.05) is 37.5 Å². The molecule has 1 saturated carbocycles. The van der Waals surface area contributed by atoms with Crippen molar-refractivity contribution in [3.63, 3.8) is 0 Å². The summed E-state index contributed by atoms with van der Waals surface area (Å²) in [5, 5.41) is 4.31. The molecule has 1 aliphatic carbocycles. The number of benzene rings is 1. The van der Waals surface area contributed by atoms with E-state index in [0.29, 0.717) is 6.54 Å². The van der Waals surface area contributed by atoms with E-state index in [1.165, 1.54) is 21.9 Å². The van der Waals surface area contributed by atoms with Crippen molar-refractivity contribution < 1.29 is 18.8 Å². The molecular formula is C25H31FN4O3. The smallest absolute Gasteiger partial charge is 0.241 e. The second-order valence-electron chi connectivity index (χ2n) is 9.44. The number of aryl methyl sites for hydroxylation is 2. The van der Waals surface area contributed by atoms with E-state index in [9.17, 15) is 18.8 Å². The Labute approximate surface area is 193 Å². The summed E-state index contributed by atoms with van der Waals surface area (Å²) >= 11 is 0. The molecule has 1 aromatic heterocycles. The summed E-state index contributed by atoms with van der Waals surface area (Å²) in [6.45, 7) is 2.19. The van der Waals surface area contributed by atoms with Crippen molar-refractivity contribution in [3.8, 4) is 0 Å². The Kier molecular flexibility index (Phi) is 6.36. The van der Waals surface area contributed by atoms with Crippen molar-refractivity contribution in [2.75, 3.05) is 7.05 Å². The van der Waals surface area contributed by atoms with E-state index in [0.717, 1.165) is 43.4 Å². The lowest BCUT2D eigenvalue weighted by Gasteiger charge is -2.33. The zero-order chi connectivity index (χ0) is 23.8. The monoisotopic (exact) mass is 454 g/mol. The SMILES string of the molecule is Cc1nn(C)cc1CN(C)C(=O)C[C@@]1(c2ccccc2F)CC(=O)N(C2CCCCC2)C1=O. The molecule has 1 aliphatic heterocycles. The third-order valence-corrected chi connectivity index (χ3v) is 7.08. The number of carbonyl (C=O) groups is 3. The zero-order valence-corrected chi connectivity index (χ0v) is 19.5. The summed E-state index contributed by atoms with van der Waals surface area (Å²) in [5.41, 5.74) is 0.318. The molecule has 4 rings (SSSR count). The van der Waals surface area contributed by atoms with Gasteiger partial charge in [0.05, 0.1) is 11.1 Å². The normalized spacial score (nSPS) is 21.6. The van der Waals surface area contributed by atoms with Crippen LogP contribution in [0.3, 0.4) is 0 Å². The fourth-order valence-corrected chi connectivity index (χ4v) is 5.31. The Bertz CT molecular complexity index is 1080. The first-order valence-electron chi connectivity index (χ1n) is 11.6. The van der Waals surface area contributed by atoms with E-state index in [-0.39, 0.29) is 36.3 Å². The number of rotatable bonds is 6. The van der Waals surface area contributed by atoms with Gasteiger partial charge in [0.1, 0.15) is 5.82 Å². The summed E-state index contributed by atoms with van der Waals surface area (Å²) in [7, 11) is 3.47. The van der Waals surface area contributed by atoms with E-state index in [1.807, 2.05) is 20.2 Å². The Balaban J connectivity index is 1.65. The fourth-order valence-electron chi connectivity index (χ4n) is 5.31. The average Bonchev–Trinajstić information content (AvgIpc) is 3.23. The van der Waals surface area contributed by atoms with E-state index in [4.69, 9.17) is 0 Å². The minimum absolute atomic E-state index is 0.126. The van der Waals surface area contributed by atoms with Gasteiger partial charge >= 0.3 is 0 Å². The molecule has 0 N–H and O–H groups in total. The molecule has 7 nitrogen and oxygen atoms in total. The molecule has 33 heavy (non-hydrogen) atoms. The molecule has 3 amide bonds. The Morgan fingerprint density at radius 2 is 1.91 bits per heavy atom. The third kappa shape index (κ3) is 4.30. The van der Waals surface area contributed by atoms with Crippen molar-refractivity contribution >= 4 is 17.7 Å². The molecule has 0 spiro atoms. The largest absolute Gasteiger partial charge is 0.341 e. The Hall–Kier alpha value is -3.03. The van der Waals surface area contributed by atoms with Crippen molar-refractivity contribution in [2.45, 2.75) is 69.9 Å². The van der Waals surface area contributed by atoms with E-state index < -0.39 is 17.1 Å². The molecule has 0 bridgehead atoms. The summed E-state index contributed by atoms with van der Waals surface area (Å²) in [5.74, 6) is -1.63. The van der Waals surface area contributed by atoms with Gasteiger partial charge in [-0.15, -0.1) is 0 Å². The van der Waals surface area contributed by atoms with Crippen molar-refractivity contribution in [2.24, 2.45) is 7.05 Å². The van der Waals surface area contributed by atoms with Crippen LogP contribution < -0.4 is 0 Å². The maximum absolute atomic E-state index is 15.0. The number of aromatic nitrogens is 2. The van der Waals surface area contributed by atoms with Crippen LogP contribution in [0.5, 0.6) is 0 Å². The van der Waals surface area contributed by atoms with Gasteiger partial charge in [-0.3, -0.25) is 24.0 Å². The van der Waals surface area contributed by atoms with Crippen molar-refractivity contribution in [1.29, 1.82) is 0 Å². The van der Waals surface area contributed by atoms with Crippen LogP contribution in [0.2, 0.25) is 0 Å². The molecule has 176 valence electrons. The summed E-state index contributed by atoms with van der Waals surface area (Å²) in [4.78, 5) is 43.1. The lowest BCUT2D eigenvalue weighted by atomic mass is 9.75. The van der Waals surface area contributed by atoms with Gasteiger partial charge in [0, 0.05) is 56.8 Å². The summed E-state index contributed by atoms with van der Waals surface area (Å²) < 4.78 is 16.7. The number of carbonyl (C=O) groups excluding carboxylic acids is 3. The number of imide groups is 1. The van der Waals surface area contributed by atoms with E-state index >= 15 is 0 Å². The number of nitrogens with zero attached hydrogens (tertiary/aromatic N) is 4. The van der Waals surface area contributed by atoms with Crippen molar-refractivity contribution in [1.82, 2.24) is 19.6 Å². The quantitative estimate of drug-likeness (QED) is 0.628. The molecule has 2 heterocycles. The van der Waals surface area contributed by atoms with Crippen LogP contribution in [0.4, 0.5) is 4.39 Å². The molecule has 1 atom stereocenters. The third-order valence-electron chi connectivity index (χ3n) is 7.08. The molecule has 1 aromatic carbocycles. The molecule has 0 radical (unpaired) electrons. The Morgan fingerprint density at radius 3 is 2.55 bits per heavy atom. The number of halogens is 1. The molecule has 2 aliphatic rings. The van der Waals surface area contributed by atoms with Crippen LogP contribution >= 0.6 is 0 Å². The molecule has 8 heteroatoms. The van der Waals surface area contributed by atoms with Crippen LogP contribution in [0.25, 0.3) is 0 Å². The Morgan fingerprint density at radius 1 is 1.21 bits per heavy atom. The molecular weight excluding hydrogens is 423 g/mol. The van der Waals surface area contributed by atoms with Crippen LogP contribution in [-0.4, -0.2) is 50.4 Å². The van der Waals surface area contributed by atoms with Crippen LogP contribution in [-0.2, 0) is 33.4 Å². The van der Waals surface area contributed by atoms with Gasteiger partial charge in [-0.2, -0.15) is 5.10 Å². The highest BCUT2D eigenvalue weighted by Crippen LogP contribution is 2.43. The highest BCUT2D eigenvalue weighted by Gasteiger charge is 2.56. The molecule has 2 aromatic rings. The van der Waals surface area contributed by atoms with Gasteiger partial charge in [0.2, 0.25) is 17.7 Å².